The summed E-state index contributed by atoms with van der Waals surface area (Å²) in [6.45, 7) is 3.97. The van der Waals surface area contributed by atoms with Crippen molar-refractivity contribution >= 4 is 13.7 Å². The van der Waals surface area contributed by atoms with Crippen LogP contribution in [-0.4, -0.2) is 59.0 Å². The number of amides is 1. The Morgan fingerprint density at radius 2 is 1.04 bits per heavy atom. The van der Waals surface area contributed by atoms with Gasteiger partial charge in [0.1, 0.15) is 0 Å². The fourth-order valence-corrected chi connectivity index (χ4v) is 7.40. The third-order valence-electron chi connectivity index (χ3n) is 10.1. The number of aliphatic hydroxyl groups is 2. The fraction of sp³-hybridized carbons (Fsp3) is 0.886. The highest BCUT2D eigenvalue weighted by Gasteiger charge is 2.27. The molecule has 0 saturated carbocycles. The van der Waals surface area contributed by atoms with Gasteiger partial charge in [-0.1, -0.05) is 186 Å². The van der Waals surface area contributed by atoms with E-state index in [1.54, 1.807) is 6.08 Å². The van der Waals surface area contributed by atoms with Gasteiger partial charge in [0.05, 0.1) is 37.9 Å². The molecule has 320 valence electrons. The van der Waals surface area contributed by atoms with E-state index in [4.69, 9.17) is 14.8 Å². The second-order valence-electron chi connectivity index (χ2n) is 15.4. The Bertz CT molecular complexity index is 919. The lowest BCUT2D eigenvalue weighted by atomic mass is 10.0. The maximum Gasteiger partial charge on any atom is 0.472 e. The number of unbranched alkanes of at least 4 members (excludes halogenated alkanes) is 26. The van der Waals surface area contributed by atoms with Crippen LogP contribution in [0, 0.1) is 0 Å². The lowest BCUT2D eigenvalue weighted by Crippen LogP contribution is -2.46. The Hall–Kier alpha value is -1.06. The minimum Gasteiger partial charge on any atom is -0.393 e. The summed E-state index contributed by atoms with van der Waals surface area (Å²) in [4.78, 5) is 22.8. The van der Waals surface area contributed by atoms with Gasteiger partial charge in [0.25, 0.3) is 0 Å². The molecule has 1 amide bonds. The van der Waals surface area contributed by atoms with Crippen LogP contribution in [0.4, 0.5) is 0 Å². The highest BCUT2D eigenvalue weighted by atomic mass is 31.2. The predicted octanol–water partition coefficient (Wildman–Crippen LogP) is 11.5. The van der Waals surface area contributed by atoms with Crippen LogP contribution in [0.5, 0.6) is 0 Å². The maximum atomic E-state index is 12.8. The van der Waals surface area contributed by atoms with E-state index in [0.29, 0.717) is 6.42 Å². The smallest absolute Gasteiger partial charge is 0.393 e. The largest absolute Gasteiger partial charge is 0.472 e. The summed E-state index contributed by atoms with van der Waals surface area (Å²) in [6.07, 6.45) is 42.6. The topological polar surface area (TPSA) is 151 Å². The minimum atomic E-state index is -4.40. The number of hydrogen-bond donors (Lipinski definition) is 5. The molecule has 9 nitrogen and oxygen atoms in total. The van der Waals surface area contributed by atoms with E-state index in [2.05, 4.69) is 31.3 Å². The normalized spacial score (nSPS) is 14.9. The van der Waals surface area contributed by atoms with Gasteiger partial charge in [0.15, 0.2) is 0 Å². The number of hydrogen-bond acceptors (Lipinski definition) is 7. The van der Waals surface area contributed by atoms with Crippen LogP contribution in [-0.2, 0) is 18.4 Å². The molecule has 0 aliphatic carbocycles. The highest BCUT2D eigenvalue weighted by molar-refractivity contribution is 7.47. The van der Waals surface area contributed by atoms with Crippen LogP contribution in [0.15, 0.2) is 24.3 Å². The highest BCUT2D eigenvalue weighted by Crippen LogP contribution is 2.43. The molecule has 10 heteroatoms. The molecule has 0 aliphatic rings. The Morgan fingerprint density at radius 1 is 0.630 bits per heavy atom. The summed E-state index contributed by atoms with van der Waals surface area (Å²) >= 11 is 0. The molecule has 0 aromatic rings. The number of rotatable bonds is 42. The van der Waals surface area contributed by atoms with Gasteiger partial charge >= 0.3 is 7.82 Å². The molecule has 0 spiro atoms. The van der Waals surface area contributed by atoms with Crippen molar-refractivity contribution in [3.8, 4) is 0 Å². The molecule has 0 fully saturated rings. The van der Waals surface area contributed by atoms with Gasteiger partial charge in [-0.2, -0.15) is 0 Å². The van der Waals surface area contributed by atoms with Crippen molar-refractivity contribution in [2.24, 2.45) is 5.73 Å². The van der Waals surface area contributed by atoms with Crippen molar-refractivity contribution in [1.29, 1.82) is 0 Å². The lowest BCUT2D eigenvalue weighted by Gasteiger charge is -2.24. The molecule has 0 saturated heterocycles. The van der Waals surface area contributed by atoms with Crippen molar-refractivity contribution in [2.45, 2.75) is 231 Å². The van der Waals surface area contributed by atoms with Crippen molar-refractivity contribution < 1.29 is 33.5 Å². The SMILES string of the molecule is CCCCCCCCC/C=C\CCCCCC(O)CC(=O)NC(COP(=O)(O)OCCN)C(O)/C=C/CCCCCCCCCCCCCCCCCC. The van der Waals surface area contributed by atoms with E-state index in [9.17, 15) is 24.5 Å². The maximum absolute atomic E-state index is 12.8. The van der Waals surface area contributed by atoms with Gasteiger partial charge in [0, 0.05) is 6.54 Å². The third-order valence-corrected chi connectivity index (χ3v) is 11.1. The fourth-order valence-electron chi connectivity index (χ4n) is 6.64. The number of nitrogens with one attached hydrogen (secondary N) is 1. The van der Waals surface area contributed by atoms with Crippen molar-refractivity contribution in [3.63, 3.8) is 0 Å². The van der Waals surface area contributed by atoms with Gasteiger partial charge in [0.2, 0.25) is 5.91 Å². The van der Waals surface area contributed by atoms with Crippen LogP contribution < -0.4 is 11.1 Å². The Balaban J connectivity index is 4.32. The average molecular weight is 787 g/mol. The molecule has 6 N–H and O–H groups in total. The van der Waals surface area contributed by atoms with Crippen LogP contribution in [0.25, 0.3) is 0 Å². The number of nitrogens with two attached hydrogens (primary N) is 1. The zero-order chi connectivity index (χ0) is 39.8. The number of carbonyl (C=O) groups excluding carboxylic acids is 1. The van der Waals surface area contributed by atoms with E-state index in [1.165, 1.54) is 135 Å². The first-order chi connectivity index (χ1) is 26.3. The Labute approximate surface area is 332 Å². The molecular weight excluding hydrogens is 699 g/mol. The molecule has 0 aromatic carbocycles. The van der Waals surface area contributed by atoms with Gasteiger partial charge in [-0.3, -0.25) is 13.8 Å². The molecule has 4 atom stereocenters. The summed E-state index contributed by atoms with van der Waals surface area (Å²) < 4.78 is 22.1. The van der Waals surface area contributed by atoms with E-state index < -0.39 is 38.6 Å². The Kier molecular flexibility index (Phi) is 39.4. The number of carbonyl (C=O) groups is 1. The number of phosphoric ester groups is 1. The molecule has 54 heavy (non-hydrogen) atoms. The van der Waals surface area contributed by atoms with E-state index in [0.717, 1.165) is 51.4 Å². The van der Waals surface area contributed by atoms with Crippen molar-refractivity contribution in [3.05, 3.63) is 24.3 Å². The van der Waals surface area contributed by atoms with Crippen LogP contribution >= 0.6 is 7.82 Å². The molecular formula is C44H87N2O7P. The average Bonchev–Trinajstić information content (AvgIpc) is 3.15. The monoisotopic (exact) mass is 787 g/mol. The summed E-state index contributed by atoms with van der Waals surface area (Å²) in [5.41, 5.74) is 5.36. The first-order valence-corrected chi connectivity index (χ1v) is 24.0. The van der Waals surface area contributed by atoms with E-state index >= 15 is 0 Å². The van der Waals surface area contributed by atoms with Crippen molar-refractivity contribution in [1.82, 2.24) is 5.32 Å². The predicted molar refractivity (Wildman–Crippen MR) is 227 cm³/mol. The van der Waals surface area contributed by atoms with Crippen LogP contribution in [0.1, 0.15) is 213 Å². The molecule has 0 aromatic heterocycles. The zero-order valence-corrected chi connectivity index (χ0v) is 36.0. The molecule has 0 bridgehead atoms. The van der Waals surface area contributed by atoms with Crippen LogP contribution in [0.2, 0.25) is 0 Å². The first-order valence-electron chi connectivity index (χ1n) is 22.5. The third kappa shape index (κ3) is 37.8. The Morgan fingerprint density at radius 3 is 1.48 bits per heavy atom. The first kappa shape index (κ1) is 52.9. The summed E-state index contributed by atoms with van der Waals surface area (Å²) in [7, 11) is -4.40. The molecule has 0 heterocycles. The number of phosphoric acid groups is 1. The zero-order valence-electron chi connectivity index (χ0n) is 35.1. The van der Waals surface area contributed by atoms with E-state index in [-0.39, 0.29) is 19.6 Å². The molecule has 4 unspecified atom stereocenters. The standard InChI is InChI=1S/C44H87N2O7P/c1-3-5-7-9-11-13-15-17-19-20-21-22-24-26-28-30-32-34-36-43(48)42(40-53-54(50,51)52-38-37-45)46-44(49)39-41(47)35-33-31-29-27-25-23-18-16-14-12-10-8-6-4-2/h23,25,34,36,41-43,47-48H,3-22,24,26-33,35,37-40,45H2,1-2H3,(H,46,49)(H,50,51)/b25-23-,36-34+. The quantitative estimate of drug-likeness (QED) is 0.0233. The van der Waals surface area contributed by atoms with Crippen LogP contribution in [0.3, 0.4) is 0 Å². The second kappa shape index (κ2) is 40.1. The van der Waals surface area contributed by atoms with Gasteiger partial charge in [-0.25, -0.2) is 4.57 Å². The van der Waals surface area contributed by atoms with Gasteiger partial charge < -0.3 is 26.2 Å². The number of allylic oxidation sites excluding steroid dienone is 3. The number of aliphatic hydroxyl groups excluding tert-OH is 2. The minimum absolute atomic E-state index is 0.0483. The summed E-state index contributed by atoms with van der Waals surface area (Å²) in [5, 5.41) is 24.0. The second-order valence-corrected chi connectivity index (χ2v) is 16.9. The van der Waals surface area contributed by atoms with Crippen molar-refractivity contribution in [2.75, 3.05) is 19.8 Å². The molecule has 0 rings (SSSR count). The van der Waals surface area contributed by atoms with Gasteiger partial charge in [-0.15, -0.1) is 0 Å². The van der Waals surface area contributed by atoms with Gasteiger partial charge in [-0.05, 0) is 44.9 Å². The molecule has 0 aliphatic heterocycles. The molecule has 0 radical (unpaired) electrons. The van der Waals surface area contributed by atoms with E-state index in [1.807, 2.05) is 6.08 Å². The lowest BCUT2D eigenvalue weighted by molar-refractivity contribution is -0.124. The summed E-state index contributed by atoms with van der Waals surface area (Å²) in [5.74, 6) is -0.453. The summed E-state index contributed by atoms with van der Waals surface area (Å²) in [6, 6.07) is -0.985.